The molecule has 0 bridgehead atoms. The zero-order chi connectivity index (χ0) is 105. The number of carboxylic acid groups (broad SMARTS) is 1. The number of ether oxygens (including phenoxy) is 1. The van der Waals surface area contributed by atoms with E-state index >= 15 is 0 Å². The first kappa shape index (κ1) is 109. The third-order valence-corrected chi connectivity index (χ3v) is 27.0. The topological polar surface area (TPSA) is 370 Å². The Morgan fingerprint density at radius 2 is 0.673 bits per heavy atom. The Hall–Kier alpha value is -15.0. The summed E-state index contributed by atoms with van der Waals surface area (Å²) in [6.45, 7) is 26.9. The maximum absolute atomic E-state index is 14.7. The molecule has 7 N–H and O–H groups in total. The van der Waals surface area contributed by atoms with E-state index in [-0.39, 0.29) is 90.2 Å². The molecule has 0 aliphatic carbocycles. The number of rotatable bonds is 41. The summed E-state index contributed by atoms with van der Waals surface area (Å²) < 4.78 is 10.7. The number of nitrogens with zero attached hydrogens (tertiary/aromatic N) is 12. The molecule has 0 unspecified atom stereocenters. The van der Waals surface area contributed by atoms with E-state index in [9.17, 15) is 63.3 Å². The largest absolute Gasteiger partial charge is 0.489 e. The normalized spacial score (nSPS) is 14.0. The van der Waals surface area contributed by atoms with Crippen LogP contribution in [0.5, 0.6) is 5.75 Å². The second-order valence-electron chi connectivity index (χ2n) is 38.3. The van der Waals surface area contributed by atoms with E-state index in [1.807, 2.05) is 144 Å². The molecule has 147 heavy (non-hydrogen) atoms. The minimum Gasteiger partial charge on any atom is -0.489 e. The smallest absolute Gasteiger partial charge is 0.312 e. The number of hydrogen-bond acceptors (Lipinski definition) is 17. The number of hydrogen-bond donors (Lipinski definition) is 7. The molecule has 0 radical (unpaired) electrons. The number of aryl methyl sites for hydroxylation is 3. The van der Waals surface area contributed by atoms with Crippen molar-refractivity contribution in [2.75, 3.05) is 75.0 Å². The van der Waals surface area contributed by atoms with Crippen LogP contribution in [0, 0.1) is 20.8 Å². The minimum absolute atomic E-state index is 0.128. The van der Waals surface area contributed by atoms with E-state index in [2.05, 4.69) is 76.4 Å². The van der Waals surface area contributed by atoms with Crippen molar-refractivity contribution >= 4 is 76.2 Å². The molecule has 9 aromatic carbocycles. The van der Waals surface area contributed by atoms with Crippen LogP contribution in [-0.2, 0) is 55.1 Å². The van der Waals surface area contributed by atoms with Crippen LogP contribution in [0.1, 0.15) is 290 Å². The first-order valence-electron chi connectivity index (χ1n) is 51.6. The van der Waals surface area contributed by atoms with E-state index in [4.69, 9.17) is 20.0 Å². The molecule has 30 nitrogen and oxygen atoms in total. The van der Waals surface area contributed by atoms with Crippen molar-refractivity contribution in [1.82, 2.24) is 58.7 Å². The van der Waals surface area contributed by atoms with Crippen molar-refractivity contribution in [3.8, 4) is 22.8 Å². The average molecular weight is 2000 g/mol. The summed E-state index contributed by atoms with van der Waals surface area (Å²) in [5.74, 6) is -3.10. The van der Waals surface area contributed by atoms with E-state index in [1.54, 1.807) is 139 Å². The highest BCUT2D eigenvalue weighted by atomic mass is 16.5. The fourth-order valence-electron chi connectivity index (χ4n) is 18.5. The highest BCUT2D eigenvalue weighted by Crippen LogP contribution is 2.36. The fraction of sp³-hybridized carbons (Fsp3) is 0.376. The maximum atomic E-state index is 14.7. The van der Waals surface area contributed by atoms with Gasteiger partial charge in [-0.2, -0.15) is 15.3 Å². The molecule has 9 amide bonds. The number of nitrogens with one attached hydrogen (secondary N) is 3. The van der Waals surface area contributed by atoms with Crippen LogP contribution in [0.25, 0.3) is 17.1 Å². The molecule has 0 saturated carbocycles. The summed E-state index contributed by atoms with van der Waals surface area (Å²) in [6.07, 6.45) is 12.0. The summed E-state index contributed by atoms with van der Waals surface area (Å²) in [5.41, 5.74) is 15.6. The maximum Gasteiger partial charge on any atom is 0.312 e. The van der Waals surface area contributed by atoms with Gasteiger partial charge in [0.25, 0.3) is 47.3 Å². The fourth-order valence-corrected chi connectivity index (χ4v) is 18.5. The number of aliphatic carboxylic acids is 1. The Morgan fingerprint density at radius 3 is 0.973 bits per heavy atom. The van der Waals surface area contributed by atoms with Crippen molar-refractivity contribution in [3.63, 3.8) is 0 Å². The Labute approximate surface area is 861 Å². The molecular weight excluding hydrogens is 1860 g/mol. The van der Waals surface area contributed by atoms with Crippen molar-refractivity contribution in [2.45, 2.75) is 229 Å². The van der Waals surface area contributed by atoms with Gasteiger partial charge in [0.1, 0.15) is 18.8 Å². The molecule has 3 aliphatic rings. The van der Waals surface area contributed by atoms with Crippen molar-refractivity contribution in [3.05, 3.63) is 331 Å². The van der Waals surface area contributed by atoms with E-state index in [0.29, 0.717) is 163 Å². The van der Waals surface area contributed by atoms with E-state index < -0.39 is 42.3 Å². The molecule has 0 spiro atoms. The second-order valence-corrected chi connectivity index (χ2v) is 38.3. The number of amides is 9. The number of aromatic nitrogens is 6. The van der Waals surface area contributed by atoms with Crippen LogP contribution in [0.2, 0.25) is 0 Å². The zero-order valence-electron chi connectivity index (χ0n) is 86.3. The minimum atomic E-state index is -1.27. The molecule has 3 aliphatic heterocycles. The third kappa shape index (κ3) is 27.8. The standard InChI is InChI=1S/C44H49N5O5.C40H49N5O4.C33H41N5O6/c1-4-6-23-47(24-7-5-2)44(53)40-25-31(3)49(46-40)41-22-19-36(27-39(41)43(52)48-28-35-16-12-11-15-34(35)26-37(48)29-50)45-42(51)33-17-20-38(21-18-33)54-30-32-13-9-8-10-14-32;1-6-8-20-43(21-9-7-2)40(49)36-22-28(5)45(42-36)37-19-18-33(41-38(47)30-16-14-29(15-17-30)27(3)4)24-35(37)39(48)44-25-32-13-11-10-12-31(32)23-34(44)26-46;1-4-6-14-36(15-7-5-2)33(44)28-16-22(3)38(35-28)29-13-12-25(34-30(40)19-31(41)42)18-27(29)32(43)37-20-24-11-9-8-10-23(24)17-26(37)21-39/h8-22,25,27,37,50H,4-7,23-24,26,28-30H2,1-3H3,(H,45,51);10-19,22,24,27,34,46H,6-9,20-21,23,25-26H2,1-5H3,(H,41,47);8-13,16,18,26,39H,4-7,14-15,17,19-21H2,1-3H3,(H,34,40)(H,41,42)/t37-;34-;26-/m000/s1. The van der Waals surface area contributed by atoms with Crippen molar-refractivity contribution < 1.29 is 73.1 Å². The molecule has 6 heterocycles. The number of aliphatic hydroxyl groups excluding tert-OH is 3. The van der Waals surface area contributed by atoms with E-state index in [0.717, 1.165) is 122 Å². The lowest BCUT2D eigenvalue weighted by atomic mass is 9.93. The summed E-state index contributed by atoms with van der Waals surface area (Å²) in [6, 6.07) is 66.8. The molecule has 0 fully saturated rings. The Morgan fingerprint density at radius 1 is 0.374 bits per heavy atom. The summed E-state index contributed by atoms with van der Waals surface area (Å²) >= 11 is 0. The van der Waals surface area contributed by atoms with Crippen LogP contribution < -0.4 is 20.7 Å². The van der Waals surface area contributed by atoms with Gasteiger partial charge in [-0.1, -0.05) is 209 Å². The van der Waals surface area contributed by atoms with Gasteiger partial charge in [-0.25, -0.2) is 14.0 Å². The lowest BCUT2D eigenvalue weighted by Gasteiger charge is -2.36. The zero-order valence-corrected chi connectivity index (χ0v) is 86.3. The molecule has 3 atom stereocenters. The van der Waals surface area contributed by atoms with Crippen LogP contribution >= 0.6 is 0 Å². The molecular formula is C117H139N15O15. The second kappa shape index (κ2) is 52.7. The number of carbonyl (C=O) groups is 10. The monoisotopic (exact) mass is 1990 g/mol. The Balaban J connectivity index is 0.000000185. The van der Waals surface area contributed by atoms with Gasteiger partial charge >= 0.3 is 5.97 Å². The highest BCUT2D eigenvalue weighted by molar-refractivity contribution is 6.08. The van der Waals surface area contributed by atoms with Gasteiger partial charge in [-0.3, -0.25) is 47.9 Å². The number of benzene rings is 9. The number of carbonyl (C=O) groups excluding carboxylic acids is 9. The van der Waals surface area contributed by atoms with Crippen LogP contribution in [-0.4, -0.2) is 216 Å². The summed E-state index contributed by atoms with van der Waals surface area (Å²) in [5, 5.41) is 62.8. The van der Waals surface area contributed by atoms with Crippen LogP contribution in [0.15, 0.2) is 224 Å². The number of anilines is 3. The predicted octanol–water partition coefficient (Wildman–Crippen LogP) is 19.0. The average Bonchev–Trinajstić information content (AvgIpc) is 1.75. The van der Waals surface area contributed by atoms with Gasteiger partial charge < -0.3 is 70.5 Å². The lowest BCUT2D eigenvalue weighted by molar-refractivity contribution is -0.139. The molecule has 30 heteroatoms. The third-order valence-electron chi connectivity index (χ3n) is 27.0. The highest BCUT2D eigenvalue weighted by Gasteiger charge is 2.38. The van der Waals surface area contributed by atoms with Gasteiger partial charge in [-0.15, -0.1) is 0 Å². The first-order valence-corrected chi connectivity index (χ1v) is 51.6. The molecule has 0 saturated heterocycles. The van der Waals surface area contributed by atoms with E-state index in [1.165, 1.54) is 6.07 Å². The quantitative estimate of drug-likeness (QED) is 0.0175. The molecule has 12 aromatic rings. The number of unbranched alkanes of at least 4 members (excludes halogenated alkanes) is 6. The van der Waals surface area contributed by atoms with Gasteiger partial charge in [0.15, 0.2) is 17.1 Å². The summed E-state index contributed by atoms with van der Waals surface area (Å²) in [4.78, 5) is 145. The van der Waals surface area contributed by atoms with Gasteiger partial charge in [0, 0.05) is 104 Å². The Bertz CT molecular complexity index is 6560. The van der Waals surface area contributed by atoms with Crippen molar-refractivity contribution in [2.24, 2.45) is 0 Å². The van der Waals surface area contributed by atoms with Gasteiger partial charge in [0.05, 0.1) is 71.7 Å². The predicted molar refractivity (Wildman–Crippen MR) is 569 cm³/mol. The number of aliphatic hydroxyl groups is 3. The molecule has 3 aromatic heterocycles. The summed E-state index contributed by atoms with van der Waals surface area (Å²) in [7, 11) is 0. The van der Waals surface area contributed by atoms with Crippen LogP contribution in [0.4, 0.5) is 17.1 Å². The lowest BCUT2D eigenvalue weighted by Crippen LogP contribution is -2.46. The Kier molecular flexibility index (Phi) is 39.1. The molecule has 15 rings (SSSR count). The van der Waals surface area contributed by atoms with Gasteiger partial charge in [0.2, 0.25) is 5.91 Å². The SMILES string of the molecule is CCCCN(CCCC)C(=O)c1cc(C)n(-c2ccc(NC(=O)CC(=O)O)cc2C(=O)N2Cc3ccccc3C[C@H]2CO)n1.CCCCN(CCCC)C(=O)c1cc(C)n(-c2ccc(NC(=O)c3ccc(C(C)C)cc3)cc2C(=O)N2Cc3ccccc3C[C@H]2CO)n1.CCCCN(CCCC)C(=O)c1cc(C)n(-c2ccc(NC(=O)c3ccc(OCc4ccccc4)cc3)cc2C(=O)N2Cc3ccccc3C[C@H]2CO)n1. The number of fused-ring (bicyclic) bond motifs is 3. The van der Waals surface area contributed by atoms with Crippen LogP contribution in [0.3, 0.4) is 0 Å². The number of carboxylic acids is 1. The van der Waals surface area contributed by atoms with Crippen molar-refractivity contribution in [1.29, 1.82) is 0 Å². The first-order chi connectivity index (χ1) is 71.1. The molecule has 772 valence electrons. The van der Waals surface area contributed by atoms with Gasteiger partial charge in [-0.05, 0) is 238 Å².